The molecule has 4 aromatic heterocycles. The minimum atomic E-state index is -0.726. The average Bonchev–Trinajstić information content (AvgIpc) is 1.31. The molecule has 0 atom stereocenters. The molecule has 8 N–H and O–H groups in total. The van der Waals surface area contributed by atoms with Gasteiger partial charge in [-0.25, -0.2) is 76.6 Å². The molecule has 8 aromatic rings. The van der Waals surface area contributed by atoms with Crippen LogP contribution in [0, 0.1) is 30.7 Å². The Labute approximate surface area is 709 Å². The van der Waals surface area contributed by atoms with E-state index in [9.17, 15) is 46.3 Å². The third-order valence-electron chi connectivity index (χ3n) is 20.2. The first-order valence-corrected chi connectivity index (χ1v) is 39.5. The van der Waals surface area contributed by atoms with Crippen molar-refractivity contribution in [1.29, 1.82) is 0 Å². The monoisotopic (exact) mass is 1750 g/mol. The first-order valence-electron chi connectivity index (χ1n) is 39.5. The number of hydrogen-bond acceptors (Lipinski definition) is 26. The second-order valence-electron chi connectivity index (χ2n) is 33.9. The molecule has 26 nitrogen and oxygen atoms in total. The second kappa shape index (κ2) is 39.0. The fourth-order valence-corrected chi connectivity index (χ4v) is 14.3. The number of anilines is 4. The molecular weight excluding hydrogens is 1640 g/mol. The van der Waals surface area contributed by atoms with Crippen LogP contribution in [-0.2, 0) is 67.9 Å². The topological polar surface area (TPSA) is 383 Å². The van der Waals surface area contributed by atoms with Crippen LogP contribution in [0.25, 0.3) is 50.6 Å². The summed E-state index contributed by atoms with van der Waals surface area (Å²) in [6, 6.07) is 16.8. The van der Waals surface area contributed by atoms with E-state index in [1.165, 1.54) is 48.5 Å². The Hall–Kier alpha value is -10.4. The number of ether oxygens (including phenoxy) is 8. The van der Waals surface area contributed by atoms with Crippen LogP contribution < -0.4 is 22.9 Å². The van der Waals surface area contributed by atoms with E-state index in [0.29, 0.717) is 109 Å². The number of nitrogens with two attached hydrogens (primary N) is 4. The third kappa shape index (κ3) is 24.4. The zero-order chi connectivity index (χ0) is 85.4. The zero-order valence-electron chi connectivity index (χ0n) is 69.9. The van der Waals surface area contributed by atoms with Gasteiger partial charge in [0.15, 0.2) is 11.6 Å². The number of ketones is 2. The average molecular weight is 1750 g/mol. The molecule has 4 aromatic carbocycles. The Morgan fingerprint density at radius 1 is 0.392 bits per heavy atom. The molecule has 5 fully saturated rings. The fraction of sp³-hybridized carbons (Fsp3) is 0.449. The summed E-state index contributed by atoms with van der Waals surface area (Å²) in [6.45, 7) is 23.2. The fourth-order valence-electron chi connectivity index (χ4n) is 14.3. The molecule has 0 radical (unpaired) electrons. The summed E-state index contributed by atoms with van der Waals surface area (Å²) in [4.78, 5) is 107. The van der Waals surface area contributed by atoms with Crippen molar-refractivity contribution in [3.05, 3.63) is 179 Å². The predicted molar refractivity (Wildman–Crippen MR) is 439 cm³/mol. The first kappa shape index (κ1) is 93.4. The van der Waals surface area contributed by atoms with Gasteiger partial charge in [0.05, 0.1) is 96.2 Å². The van der Waals surface area contributed by atoms with Crippen molar-refractivity contribution in [2.24, 2.45) is 0 Å². The number of benzene rings is 4. The Morgan fingerprint density at radius 3 is 0.942 bits per heavy atom. The molecular formula is C89H105F4N12O14Pd-. The number of nitrogen functional groups attached to an aromatic ring is 4. The van der Waals surface area contributed by atoms with Gasteiger partial charge in [-0.1, -0.05) is 30.3 Å². The quantitative estimate of drug-likeness (QED) is 0.0290. The maximum Gasteiger partial charge on any atom is 0.341 e. The van der Waals surface area contributed by atoms with Gasteiger partial charge in [-0.15, -0.1) is 0 Å². The van der Waals surface area contributed by atoms with Gasteiger partial charge in [0, 0.05) is 112 Å². The van der Waals surface area contributed by atoms with Crippen LogP contribution in [0.3, 0.4) is 0 Å². The molecule has 31 heteroatoms. The molecule has 2 spiro atoms. The van der Waals surface area contributed by atoms with Gasteiger partial charge in [-0.2, -0.15) is 0 Å². The summed E-state index contributed by atoms with van der Waals surface area (Å²) in [7, 11) is 0. The van der Waals surface area contributed by atoms with Crippen LogP contribution in [0.2, 0.25) is 0 Å². The Morgan fingerprint density at radius 2 is 0.667 bits per heavy atom. The Balaban J connectivity index is 0.000000181. The van der Waals surface area contributed by atoms with E-state index < -0.39 is 81.1 Å². The Kier molecular flexibility index (Phi) is 30.3. The first-order chi connectivity index (χ1) is 55.6. The van der Waals surface area contributed by atoms with Crippen molar-refractivity contribution in [1.82, 2.24) is 39.9 Å². The minimum absolute atomic E-state index is 0. The molecule has 6 aliphatic rings. The third-order valence-corrected chi connectivity index (χ3v) is 20.2. The van der Waals surface area contributed by atoms with E-state index in [1.807, 2.05) is 6.08 Å². The Bertz CT molecular complexity index is 4950. The number of Topliss-reactive ketones (excluding diaryl/α,β-unsaturated/α-hetero) is 2. The molecule has 120 heavy (non-hydrogen) atoms. The van der Waals surface area contributed by atoms with E-state index in [1.54, 1.807) is 132 Å². The molecule has 0 amide bonds. The molecule has 14 rings (SSSR count). The number of carbonyl (C=O) groups is 6. The SMILES string of the molecule is CC(C)(C)OC(=O)c1ccc(-c2nc(C3=CCC4(CC3)OCCO4)cnc2N)cc1F.CC(C)(C)OC(=O)c1ccc(-c2nc(C3CCC(=O)CC3)cnc2N)cc1F.CC(C)(C)OC(=O)c1ccc(-c2nc(C3CCC(=O)CC3)cnc2N)cc1F.CC(C)(C)OC(=O)c1ccc(-c2nc(C3CCC4(CC3)OCCO4)cnc2N)cc1F.[CH3-].[Pd]. The number of esters is 4. The zero-order valence-corrected chi connectivity index (χ0v) is 71.5. The van der Waals surface area contributed by atoms with Crippen molar-refractivity contribution in [2.45, 2.75) is 231 Å². The molecule has 0 bridgehead atoms. The molecule has 3 saturated carbocycles. The number of carbonyl (C=O) groups excluding carboxylic acids is 6. The number of nitrogens with zero attached hydrogens (tertiary/aromatic N) is 8. The maximum absolute atomic E-state index is 14.7. The van der Waals surface area contributed by atoms with Gasteiger partial charge in [-0.3, -0.25) is 9.59 Å². The van der Waals surface area contributed by atoms with Gasteiger partial charge in [0.1, 0.15) is 103 Å². The van der Waals surface area contributed by atoms with Crippen LogP contribution in [0.15, 0.2) is 104 Å². The van der Waals surface area contributed by atoms with Crippen LogP contribution in [0.5, 0.6) is 0 Å². The summed E-state index contributed by atoms with van der Waals surface area (Å²) in [5, 5.41) is 0. The van der Waals surface area contributed by atoms with Gasteiger partial charge >= 0.3 is 23.9 Å². The number of halogens is 4. The maximum atomic E-state index is 14.7. The van der Waals surface area contributed by atoms with E-state index in [4.69, 9.17) is 65.8 Å². The summed E-state index contributed by atoms with van der Waals surface area (Å²) >= 11 is 0. The van der Waals surface area contributed by atoms with E-state index in [2.05, 4.69) is 34.9 Å². The van der Waals surface area contributed by atoms with E-state index in [0.717, 1.165) is 86.9 Å². The molecule has 0 unspecified atom stereocenters. The molecule has 2 aliphatic heterocycles. The molecule has 4 aliphatic carbocycles. The standard InChI is InChI=1S/C23H28FN3O4.C23H26FN3O4.2C21H24FN3O3.CH3.Pd/c2*1-22(2,3)31-21(28)16-5-4-15(12-17(16)24)19-20(25)26-13-18(27-19)14-6-8-23(9-7-14)29-10-11-30-23;2*1-21(2,3)28-20(27)15-9-6-13(10-16(15)22)18-19(23)24-11-17(25-18)12-4-7-14(26)8-5-12;;/h4-5,12-14H,6-11H2,1-3H3,(H2,25,26);4-6,12-13H,7-11H2,1-3H3,(H2,25,26);2*6,9-12H,4-5,7-8H2,1-3H3,(H2,23,24);1H3;/q;;;;-1;. The van der Waals surface area contributed by atoms with Gasteiger partial charge in [0.2, 0.25) is 0 Å². The van der Waals surface area contributed by atoms with Crippen molar-refractivity contribution in [3.8, 4) is 45.0 Å². The summed E-state index contributed by atoms with van der Waals surface area (Å²) in [5.41, 5.74) is 27.8. The van der Waals surface area contributed by atoms with Crippen LogP contribution in [0.1, 0.15) is 261 Å². The largest absolute Gasteiger partial charge is 0.456 e. The van der Waals surface area contributed by atoms with Gasteiger partial charge in [0.25, 0.3) is 0 Å². The van der Waals surface area contributed by atoms with E-state index in [-0.39, 0.29) is 103 Å². The van der Waals surface area contributed by atoms with Crippen molar-refractivity contribution in [2.75, 3.05) is 49.4 Å². The van der Waals surface area contributed by atoms with Crippen LogP contribution in [0.4, 0.5) is 40.8 Å². The predicted octanol–water partition coefficient (Wildman–Crippen LogP) is 16.9. The van der Waals surface area contributed by atoms with Crippen molar-refractivity contribution in [3.63, 3.8) is 0 Å². The number of rotatable bonds is 12. The molecule has 2 saturated heterocycles. The number of allylic oxidation sites excluding steroid dienone is 1. The van der Waals surface area contributed by atoms with E-state index >= 15 is 0 Å². The number of hydrogen-bond donors (Lipinski definition) is 4. The van der Waals surface area contributed by atoms with Gasteiger partial charge < -0.3 is 68.3 Å². The second-order valence-corrected chi connectivity index (χ2v) is 33.9. The van der Waals surface area contributed by atoms with Gasteiger partial charge in [-0.05, 0) is 182 Å². The number of aromatic nitrogens is 8. The van der Waals surface area contributed by atoms with Crippen LogP contribution >= 0.6 is 0 Å². The summed E-state index contributed by atoms with van der Waals surface area (Å²) in [6.07, 6.45) is 19.1. The summed E-state index contributed by atoms with van der Waals surface area (Å²) in [5.74, 6) is -4.89. The van der Waals surface area contributed by atoms with Crippen LogP contribution in [-0.4, -0.2) is 136 Å². The molecule has 6 heterocycles. The van der Waals surface area contributed by atoms with Crippen molar-refractivity contribution >= 4 is 64.3 Å². The van der Waals surface area contributed by atoms with Crippen molar-refractivity contribution < 1.29 is 105 Å². The molecule has 644 valence electrons. The smallest absolute Gasteiger partial charge is 0.341 e. The summed E-state index contributed by atoms with van der Waals surface area (Å²) < 4.78 is 103. The minimum Gasteiger partial charge on any atom is -0.456 e. The normalized spacial score (nSPS) is 16.8.